The molecule has 0 aliphatic carbocycles. The number of fused-ring (bicyclic) bond motifs is 1. The number of carbonyl (C=O) groups is 2. The van der Waals surface area contributed by atoms with Crippen molar-refractivity contribution in [3.05, 3.63) is 77.4 Å². The third-order valence-electron chi connectivity index (χ3n) is 5.78. The van der Waals surface area contributed by atoms with Crippen LogP contribution in [-0.2, 0) is 4.79 Å². The first-order valence-electron chi connectivity index (χ1n) is 12.2. The van der Waals surface area contributed by atoms with Crippen LogP contribution in [0, 0.1) is 6.92 Å². The molecule has 0 saturated carbocycles. The van der Waals surface area contributed by atoms with Crippen molar-refractivity contribution in [2.45, 2.75) is 65.2 Å². The van der Waals surface area contributed by atoms with Crippen molar-refractivity contribution in [1.82, 2.24) is 5.43 Å². The predicted molar refractivity (Wildman–Crippen MR) is 138 cm³/mol. The maximum atomic E-state index is 12.7. The summed E-state index contributed by atoms with van der Waals surface area (Å²) >= 11 is 0. The zero-order chi connectivity index (χ0) is 24.2. The summed E-state index contributed by atoms with van der Waals surface area (Å²) in [6.07, 6.45) is 10.1. The zero-order valence-electron chi connectivity index (χ0n) is 20.2. The summed E-state index contributed by atoms with van der Waals surface area (Å²) in [5, 5.41) is 6.06. The van der Waals surface area contributed by atoms with Crippen molar-refractivity contribution in [3.63, 3.8) is 0 Å². The van der Waals surface area contributed by atoms with Crippen LogP contribution in [0.15, 0.2) is 65.8 Å². The number of unbranched alkanes of at least 4 members (excludes halogenated alkanes) is 6. The van der Waals surface area contributed by atoms with Gasteiger partial charge in [-0.3, -0.25) is 4.79 Å². The molecule has 0 saturated heterocycles. The Kier molecular flexibility index (Phi) is 9.83. The Balaban J connectivity index is 1.65. The molecule has 5 nitrogen and oxygen atoms in total. The fourth-order valence-corrected chi connectivity index (χ4v) is 3.90. The van der Waals surface area contributed by atoms with Crippen LogP contribution in [0.25, 0.3) is 10.8 Å². The third-order valence-corrected chi connectivity index (χ3v) is 5.78. The van der Waals surface area contributed by atoms with E-state index in [9.17, 15) is 9.59 Å². The first kappa shape index (κ1) is 25.2. The summed E-state index contributed by atoms with van der Waals surface area (Å²) in [7, 11) is 0. The number of hydrogen-bond acceptors (Lipinski definition) is 4. The van der Waals surface area contributed by atoms with E-state index in [0.29, 0.717) is 23.3 Å². The molecule has 0 aromatic heterocycles. The molecule has 0 fully saturated rings. The summed E-state index contributed by atoms with van der Waals surface area (Å²) in [6.45, 7) is 4.14. The van der Waals surface area contributed by atoms with E-state index in [2.05, 4.69) is 17.5 Å². The second-order valence-corrected chi connectivity index (χ2v) is 8.62. The standard InChI is InChI=1S/C29H34N2O3/c1-3-4-5-6-7-8-9-17-28(32)31-30-21-26-25-16-11-10-14-23(25)18-19-27(26)34-29(33)24-15-12-13-22(2)20-24/h10-16,18-21H,3-9,17H2,1-2H3,(H,31,32). The number of benzene rings is 3. The van der Waals surface area contributed by atoms with Gasteiger partial charge in [-0.15, -0.1) is 0 Å². The molecule has 3 aromatic rings. The fraction of sp³-hybridized carbons (Fsp3) is 0.345. The molecule has 3 rings (SSSR count). The lowest BCUT2D eigenvalue weighted by Crippen LogP contribution is -2.17. The normalized spacial score (nSPS) is 11.1. The second kappa shape index (κ2) is 13.3. The van der Waals surface area contributed by atoms with Crippen LogP contribution >= 0.6 is 0 Å². The highest BCUT2D eigenvalue weighted by atomic mass is 16.5. The van der Waals surface area contributed by atoms with Gasteiger partial charge in [0.05, 0.1) is 11.8 Å². The molecular weight excluding hydrogens is 424 g/mol. The predicted octanol–water partition coefficient (Wildman–Crippen LogP) is 6.96. The Morgan fingerprint density at radius 1 is 0.912 bits per heavy atom. The fourth-order valence-electron chi connectivity index (χ4n) is 3.90. The largest absolute Gasteiger partial charge is 0.422 e. The van der Waals surface area contributed by atoms with Gasteiger partial charge in [0.25, 0.3) is 0 Å². The van der Waals surface area contributed by atoms with Gasteiger partial charge in [-0.05, 0) is 42.3 Å². The number of carbonyl (C=O) groups excluding carboxylic acids is 2. The van der Waals surface area contributed by atoms with E-state index in [1.165, 1.54) is 32.1 Å². The van der Waals surface area contributed by atoms with Gasteiger partial charge in [-0.25, -0.2) is 10.2 Å². The van der Waals surface area contributed by atoms with E-state index < -0.39 is 5.97 Å². The lowest BCUT2D eigenvalue weighted by Gasteiger charge is -2.11. The average Bonchev–Trinajstić information content (AvgIpc) is 2.84. The molecule has 5 heteroatoms. The van der Waals surface area contributed by atoms with E-state index in [1.807, 2.05) is 49.4 Å². The van der Waals surface area contributed by atoms with E-state index in [0.717, 1.165) is 29.2 Å². The van der Waals surface area contributed by atoms with Gasteiger partial charge in [-0.1, -0.05) is 93.5 Å². The Morgan fingerprint density at radius 2 is 1.68 bits per heavy atom. The van der Waals surface area contributed by atoms with E-state index in [-0.39, 0.29) is 5.91 Å². The lowest BCUT2D eigenvalue weighted by molar-refractivity contribution is -0.121. The number of rotatable bonds is 12. The van der Waals surface area contributed by atoms with Crippen LogP contribution in [0.4, 0.5) is 0 Å². The van der Waals surface area contributed by atoms with Gasteiger partial charge >= 0.3 is 5.97 Å². The summed E-state index contributed by atoms with van der Waals surface area (Å²) in [4.78, 5) is 24.9. The Morgan fingerprint density at radius 3 is 2.47 bits per heavy atom. The molecule has 34 heavy (non-hydrogen) atoms. The topological polar surface area (TPSA) is 67.8 Å². The molecule has 0 heterocycles. The molecule has 3 aromatic carbocycles. The number of esters is 1. The summed E-state index contributed by atoms with van der Waals surface area (Å²) in [5.74, 6) is -0.143. The van der Waals surface area contributed by atoms with Gasteiger partial charge in [-0.2, -0.15) is 5.10 Å². The zero-order valence-corrected chi connectivity index (χ0v) is 20.2. The summed E-state index contributed by atoms with van der Waals surface area (Å²) in [6, 6.07) is 18.8. The lowest BCUT2D eigenvalue weighted by atomic mass is 10.0. The monoisotopic (exact) mass is 458 g/mol. The molecule has 0 atom stereocenters. The molecule has 0 aliphatic rings. The minimum Gasteiger partial charge on any atom is -0.422 e. The number of nitrogens with one attached hydrogen (secondary N) is 1. The van der Waals surface area contributed by atoms with Crippen LogP contribution in [0.1, 0.15) is 79.8 Å². The number of hydrazone groups is 1. The maximum absolute atomic E-state index is 12.7. The van der Waals surface area contributed by atoms with Crippen molar-refractivity contribution < 1.29 is 14.3 Å². The van der Waals surface area contributed by atoms with Gasteiger partial charge in [0, 0.05) is 12.0 Å². The highest BCUT2D eigenvalue weighted by Gasteiger charge is 2.14. The highest BCUT2D eigenvalue weighted by molar-refractivity contribution is 6.04. The van der Waals surface area contributed by atoms with Gasteiger partial charge < -0.3 is 4.74 Å². The molecule has 0 radical (unpaired) electrons. The average molecular weight is 459 g/mol. The molecule has 0 unspecified atom stereocenters. The van der Waals surface area contributed by atoms with Gasteiger partial charge in [0.15, 0.2) is 0 Å². The van der Waals surface area contributed by atoms with Crippen LogP contribution in [0.5, 0.6) is 5.75 Å². The summed E-state index contributed by atoms with van der Waals surface area (Å²) in [5.41, 5.74) is 4.74. The molecule has 1 N–H and O–H groups in total. The van der Waals surface area contributed by atoms with Crippen molar-refractivity contribution in [1.29, 1.82) is 0 Å². The van der Waals surface area contributed by atoms with Crippen molar-refractivity contribution in [3.8, 4) is 5.75 Å². The second-order valence-electron chi connectivity index (χ2n) is 8.62. The number of aryl methyl sites for hydroxylation is 1. The SMILES string of the molecule is CCCCCCCCCC(=O)NN=Cc1c(OC(=O)c2cccc(C)c2)ccc2ccccc12. The molecule has 1 amide bonds. The van der Waals surface area contributed by atoms with Crippen molar-refractivity contribution >= 4 is 28.9 Å². The maximum Gasteiger partial charge on any atom is 0.343 e. The first-order chi connectivity index (χ1) is 16.6. The summed E-state index contributed by atoms with van der Waals surface area (Å²) < 4.78 is 5.73. The third kappa shape index (κ3) is 7.55. The van der Waals surface area contributed by atoms with Gasteiger partial charge in [0.1, 0.15) is 5.75 Å². The van der Waals surface area contributed by atoms with Crippen LogP contribution in [-0.4, -0.2) is 18.1 Å². The molecule has 0 aliphatic heterocycles. The van der Waals surface area contributed by atoms with E-state index in [4.69, 9.17) is 4.74 Å². The smallest absolute Gasteiger partial charge is 0.343 e. The van der Waals surface area contributed by atoms with E-state index >= 15 is 0 Å². The molecular formula is C29H34N2O3. The number of nitrogens with zero attached hydrogens (tertiary/aromatic N) is 1. The molecule has 0 spiro atoms. The Hall–Kier alpha value is -3.47. The molecule has 0 bridgehead atoms. The number of ether oxygens (including phenoxy) is 1. The van der Waals surface area contributed by atoms with Crippen LogP contribution < -0.4 is 10.2 Å². The number of hydrogen-bond donors (Lipinski definition) is 1. The van der Waals surface area contributed by atoms with Crippen molar-refractivity contribution in [2.24, 2.45) is 5.10 Å². The Labute approximate surface area is 202 Å². The van der Waals surface area contributed by atoms with Crippen LogP contribution in [0.3, 0.4) is 0 Å². The molecule has 178 valence electrons. The van der Waals surface area contributed by atoms with E-state index in [1.54, 1.807) is 24.4 Å². The quantitative estimate of drug-likeness (QED) is 0.105. The number of amides is 1. The Bertz CT molecular complexity index is 1140. The first-order valence-corrected chi connectivity index (χ1v) is 12.2. The highest BCUT2D eigenvalue weighted by Crippen LogP contribution is 2.27. The van der Waals surface area contributed by atoms with Crippen molar-refractivity contribution in [2.75, 3.05) is 0 Å². The minimum absolute atomic E-state index is 0.108. The van der Waals surface area contributed by atoms with Gasteiger partial charge in [0.2, 0.25) is 5.91 Å². The van der Waals surface area contributed by atoms with Crippen LogP contribution in [0.2, 0.25) is 0 Å². The minimum atomic E-state index is -0.434.